The smallest absolute Gasteiger partial charge is 0.328 e. The van der Waals surface area contributed by atoms with E-state index in [4.69, 9.17) is 5.11 Å². The number of benzene rings is 1. The number of carboxylic acids is 1. The fourth-order valence-electron chi connectivity index (χ4n) is 2.01. The molecule has 0 atom stereocenters. The number of carboxylic acid groups (broad SMARTS) is 1. The summed E-state index contributed by atoms with van der Waals surface area (Å²) in [6.45, 7) is 1.59. The van der Waals surface area contributed by atoms with Crippen molar-refractivity contribution in [1.82, 2.24) is 4.90 Å². The molecule has 0 bridgehead atoms. The van der Waals surface area contributed by atoms with Gasteiger partial charge in [-0.25, -0.2) is 9.59 Å². The summed E-state index contributed by atoms with van der Waals surface area (Å²) in [5.41, 5.74) is 1.41. The van der Waals surface area contributed by atoms with Gasteiger partial charge in [-0.05, 0) is 36.6 Å². The van der Waals surface area contributed by atoms with Crippen LogP contribution in [0.1, 0.15) is 18.4 Å². The van der Waals surface area contributed by atoms with Crippen LogP contribution in [0, 0.1) is 0 Å². The number of carbonyl (C=O) groups is 2. The second-order valence-corrected chi connectivity index (χ2v) is 4.42. The summed E-state index contributed by atoms with van der Waals surface area (Å²) in [4.78, 5) is 24.1. The molecule has 1 heterocycles. The standard InChI is InChI=1S/C14H16N2O3/c17-13(18)7-6-11-4-3-5-12(10-11)15-14(19)16-8-1-2-9-16/h3-7,10H,1-2,8-9H2,(H,15,19)(H,17,18)/b7-6+. The van der Waals surface area contributed by atoms with Crippen LogP contribution in [0.3, 0.4) is 0 Å². The van der Waals surface area contributed by atoms with Crippen molar-refractivity contribution in [2.45, 2.75) is 12.8 Å². The van der Waals surface area contributed by atoms with Crippen molar-refractivity contribution < 1.29 is 14.7 Å². The van der Waals surface area contributed by atoms with E-state index in [2.05, 4.69) is 5.32 Å². The Labute approximate surface area is 111 Å². The number of nitrogens with one attached hydrogen (secondary N) is 1. The SMILES string of the molecule is O=C(O)/C=C/c1cccc(NC(=O)N2CCCC2)c1. The Hall–Kier alpha value is -2.30. The first-order valence-electron chi connectivity index (χ1n) is 6.22. The van der Waals surface area contributed by atoms with Gasteiger partial charge < -0.3 is 15.3 Å². The third-order valence-corrected chi connectivity index (χ3v) is 2.95. The molecule has 0 unspecified atom stereocenters. The summed E-state index contributed by atoms with van der Waals surface area (Å²) >= 11 is 0. The van der Waals surface area contributed by atoms with Gasteiger partial charge in [0, 0.05) is 24.9 Å². The van der Waals surface area contributed by atoms with E-state index in [0.29, 0.717) is 5.69 Å². The van der Waals surface area contributed by atoms with E-state index in [1.807, 2.05) is 0 Å². The summed E-state index contributed by atoms with van der Waals surface area (Å²) in [6, 6.07) is 6.99. The lowest BCUT2D eigenvalue weighted by Crippen LogP contribution is -2.32. The van der Waals surface area contributed by atoms with Gasteiger partial charge in [0.25, 0.3) is 0 Å². The lowest BCUT2D eigenvalue weighted by Gasteiger charge is -2.16. The number of nitrogens with zero attached hydrogens (tertiary/aromatic N) is 1. The summed E-state index contributed by atoms with van der Waals surface area (Å²) in [7, 11) is 0. The van der Waals surface area contributed by atoms with Gasteiger partial charge in [0.1, 0.15) is 0 Å². The lowest BCUT2D eigenvalue weighted by molar-refractivity contribution is -0.131. The van der Waals surface area contributed by atoms with Crippen molar-refractivity contribution in [2.75, 3.05) is 18.4 Å². The molecule has 19 heavy (non-hydrogen) atoms. The lowest BCUT2D eigenvalue weighted by atomic mass is 10.2. The molecule has 2 rings (SSSR count). The van der Waals surface area contributed by atoms with E-state index in [1.165, 1.54) is 6.08 Å². The zero-order chi connectivity index (χ0) is 13.7. The molecule has 5 heteroatoms. The minimum atomic E-state index is -0.994. The summed E-state index contributed by atoms with van der Waals surface area (Å²) in [6.07, 6.45) is 4.67. The van der Waals surface area contributed by atoms with Crippen LogP contribution in [0.5, 0.6) is 0 Å². The average Bonchev–Trinajstić information content (AvgIpc) is 2.91. The Morgan fingerprint density at radius 1 is 1.26 bits per heavy atom. The van der Waals surface area contributed by atoms with Crippen LogP contribution in [-0.2, 0) is 4.79 Å². The van der Waals surface area contributed by atoms with Crippen LogP contribution in [-0.4, -0.2) is 35.1 Å². The normalized spacial score (nSPS) is 14.8. The first kappa shape index (κ1) is 13.1. The number of hydrogen-bond acceptors (Lipinski definition) is 2. The highest BCUT2D eigenvalue weighted by molar-refractivity contribution is 5.90. The van der Waals surface area contributed by atoms with Gasteiger partial charge in [-0.3, -0.25) is 0 Å². The van der Waals surface area contributed by atoms with Crippen molar-refractivity contribution in [2.24, 2.45) is 0 Å². The van der Waals surface area contributed by atoms with E-state index in [1.54, 1.807) is 29.2 Å². The van der Waals surface area contributed by atoms with Crippen molar-refractivity contribution in [1.29, 1.82) is 0 Å². The molecule has 1 aliphatic heterocycles. The molecule has 0 spiro atoms. The van der Waals surface area contributed by atoms with Crippen LogP contribution in [0.2, 0.25) is 0 Å². The van der Waals surface area contributed by atoms with Gasteiger partial charge in [-0.2, -0.15) is 0 Å². The molecule has 100 valence electrons. The third-order valence-electron chi connectivity index (χ3n) is 2.95. The second kappa shape index (κ2) is 6.04. The Morgan fingerprint density at radius 3 is 2.68 bits per heavy atom. The number of carbonyl (C=O) groups excluding carboxylic acids is 1. The maximum Gasteiger partial charge on any atom is 0.328 e. The summed E-state index contributed by atoms with van der Waals surface area (Å²) < 4.78 is 0. The topological polar surface area (TPSA) is 69.6 Å². The van der Waals surface area contributed by atoms with Crippen LogP contribution in [0.4, 0.5) is 10.5 Å². The number of amides is 2. The first-order chi connectivity index (χ1) is 9.15. The predicted octanol–water partition coefficient (Wildman–Crippen LogP) is 2.41. The van der Waals surface area contributed by atoms with Crippen molar-refractivity contribution in [3.63, 3.8) is 0 Å². The highest BCUT2D eigenvalue weighted by atomic mass is 16.4. The van der Waals surface area contributed by atoms with E-state index < -0.39 is 5.97 Å². The van der Waals surface area contributed by atoms with Crippen LogP contribution < -0.4 is 5.32 Å². The van der Waals surface area contributed by atoms with Crippen molar-refractivity contribution >= 4 is 23.8 Å². The Kier molecular flexibility index (Phi) is 4.18. The molecule has 2 N–H and O–H groups in total. The van der Waals surface area contributed by atoms with Crippen LogP contribution in [0.15, 0.2) is 30.3 Å². The van der Waals surface area contributed by atoms with E-state index in [9.17, 15) is 9.59 Å². The van der Waals surface area contributed by atoms with Gasteiger partial charge in [-0.1, -0.05) is 12.1 Å². The molecular formula is C14H16N2O3. The maximum absolute atomic E-state index is 11.9. The molecule has 0 aromatic heterocycles. The molecule has 0 aliphatic carbocycles. The highest BCUT2D eigenvalue weighted by Gasteiger charge is 2.17. The maximum atomic E-state index is 11.9. The molecule has 1 aliphatic rings. The van der Waals surface area contributed by atoms with Gasteiger partial charge in [0.2, 0.25) is 0 Å². The molecule has 1 aromatic carbocycles. The minimum absolute atomic E-state index is 0.100. The quantitative estimate of drug-likeness (QED) is 0.820. The molecule has 0 saturated carbocycles. The molecule has 0 radical (unpaired) electrons. The summed E-state index contributed by atoms with van der Waals surface area (Å²) in [5.74, 6) is -0.994. The fourth-order valence-corrected chi connectivity index (χ4v) is 2.01. The number of rotatable bonds is 3. The van der Waals surface area contributed by atoms with E-state index >= 15 is 0 Å². The Morgan fingerprint density at radius 2 is 2.00 bits per heavy atom. The zero-order valence-electron chi connectivity index (χ0n) is 10.5. The monoisotopic (exact) mass is 260 g/mol. The predicted molar refractivity (Wildman–Crippen MR) is 72.9 cm³/mol. The number of aliphatic carboxylic acids is 1. The zero-order valence-corrected chi connectivity index (χ0v) is 10.5. The third kappa shape index (κ3) is 3.84. The highest BCUT2D eigenvalue weighted by Crippen LogP contribution is 2.14. The van der Waals surface area contributed by atoms with E-state index in [-0.39, 0.29) is 6.03 Å². The number of hydrogen-bond donors (Lipinski definition) is 2. The van der Waals surface area contributed by atoms with Gasteiger partial charge >= 0.3 is 12.0 Å². The minimum Gasteiger partial charge on any atom is -0.478 e. The second-order valence-electron chi connectivity index (χ2n) is 4.42. The Bertz CT molecular complexity index is 505. The number of urea groups is 1. The number of likely N-dealkylation sites (tertiary alicyclic amines) is 1. The van der Waals surface area contributed by atoms with Crippen molar-refractivity contribution in [3.8, 4) is 0 Å². The summed E-state index contributed by atoms with van der Waals surface area (Å²) in [5, 5.41) is 11.4. The largest absolute Gasteiger partial charge is 0.478 e. The molecule has 2 amide bonds. The molecular weight excluding hydrogens is 244 g/mol. The average molecular weight is 260 g/mol. The molecule has 5 nitrogen and oxygen atoms in total. The van der Waals surface area contributed by atoms with Crippen LogP contribution in [0.25, 0.3) is 6.08 Å². The number of anilines is 1. The van der Waals surface area contributed by atoms with E-state index in [0.717, 1.165) is 37.6 Å². The Balaban J connectivity index is 2.02. The molecule has 1 fully saturated rings. The molecule has 1 saturated heterocycles. The van der Waals surface area contributed by atoms with Gasteiger partial charge in [0.15, 0.2) is 0 Å². The van der Waals surface area contributed by atoms with Crippen molar-refractivity contribution in [3.05, 3.63) is 35.9 Å². The van der Waals surface area contributed by atoms with Gasteiger partial charge in [0.05, 0.1) is 0 Å². The molecule has 1 aromatic rings. The van der Waals surface area contributed by atoms with Crippen LogP contribution >= 0.6 is 0 Å². The van der Waals surface area contributed by atoms with Gasteiger partial charge in [-0.15, -0.1) is 0 Å². The fraction of sp³-hybridized carbons (Fsp3) is 0.286. The first-order valence-corrected chi connectivity index (χ1v) is 6.22.